The van der Waals surface area contributed by atoms with Gasteiger partial charge in [0.1, 0.15) is 11.6 Å². The van der Waals surface area contributed by atoms with Crippen LogP contribution in [-0.4, -0.2) is 4.98 Å². The molecule has 0 fully saturated rings. The quantitative estimate of drug-likeness (QED) is 0.659. The van der Waals surface area contributed by atoms with E-state index in [4.69, 9.17) is 0 Å². The van der Waals surface area contributed by atoms with Gasteiger partial charge in [-0.05, 0) is 48.1 Å². The van der Waals surface area contributed by atoms with Gasteiger partial charge >= 0.3 is 0 Å². The molecule has 0 radical (unpaired) electrons. The van der Waals surface area contributed by atoms with E-state index in [1.54, 1.807) is 0 Å². The minimum Gasteiger partial charge on any atom is -0.321 e. The fraction of sp³-hybridized carbons (Fsp3) is 0.250. The second kappa shape index (κ2) is 6.89. The lowest BCUT2D eigenvalue weighted by molar-refractivity contribution is 0.590. The second-order valence-electron chi connectivity index (χ2n) is 8.06. The Morgan fingerprint density at radius 2 is 1.59 bits per heavy atom. The molecule has 1 heterocycles. The van der Waals surface area contributed by atoms with E-state index in [1.165, 1.54) is 5.56 Å². The lowest BCUT2D eigenvalue weighted by Gasteiger charge is -2.19. The van der Waals surface area contributed by atoms with Gasteiger partial charge in [-0.15, -0.1) is 0 Å². The van der Waals surface area contributed by atoms with Gasteiger partial charge in [-0.2, -0.15) is 5.26 Å². The van der Waals surface area contributed by atoms with Crippen molar-refractivity contribution in [3.63, 3.8) is 0 Å². The topological polar surface area (TPSA) is 56.6 Å². The summed E-state index contributed by atoms with van der Waals surface area (Å²) in [4.78, 5) is 15.5. The van der Waals surface area contributed by atoms with Gasteiger partial charge in [0.05, 0.1) is 0 Å². The molecule has 2 aromatic carbocycles. The molecule has 0 aliphatic carbocycles. The summed E-state index contributed by atoms with van der Waals surface area (Å²) < 4.78 is 0. The van der Waals surface area contributed by atoms with Crippen LogP contribution in [0.3, 0.4) is 0 Å². The molecule has 0 saturated carbocycles. The number of rotatable bonds is 2. The van der Waals surface area contributed by atoms with Crippen LogP contribution >= 0.6 is 0 Å². The summed E-state index contributed by atoms with van der Waals surface area (Å²) >= 11 is 0. The van der Waals surface area contributed by atoms with Crippen LogP contribution in [-0.2, 0) is 5.41 Å². The Hall–Kier alpha value is -3.12. The van der Waals surface area contributed by atoms with E-state index in [9.17, 15) is 10.1 Å². The number of pyridine rings is 1. The molecule has 0 amide bonds. The number of aromatic amines is 1. The summed E-state index contributed by atoms with van der Waals surface area (Å²) in [6.45, 7) is 10.5. The molecule has 0 aliphatic heterocycles. The monoisotopic (exact) mass is 356 g/mol. The molecule has 1 aromatic heterocycles. The number of aromatic nitrogens is 1. The number of aryl methyl sites for hydroxylation is 2. The molecule has 3 nitrogen and oxygen atoms in total. The molecule has 27 heavy (non-hydrogen) atoms. The average Bonchev–Trinajstić information content (AvgIpc) is 2.62. The minimum absolute atomic E-state index is 0.0502. The van der Waals surface area contributed by atoms with Crippen molar-refractivity contribution in [1.29, 1.82) is 5.26 Å². The maximum atomic E-state index is 12.6. The zero-order chi connectivity index (χ0) is 19.8. The summed E-state index contributed by atoms with van der Waals surface area (Å²) in [7, 11) is 0. The number of benzene rings is 2. The van der Waals surface area contributed by atoms with Gasteiger partial charge in [0.15, 0.2) is 0 Å². The van der Waals surface area contributed by atoms with Crippen LogP contribution in [0.1, 0.15) is 43.0 Å². The summed E-state index contributed by atoms with van der Waals surface area (Å²) in [5.41, 5.74) is 6.50. The summed E-state index contributed by atoms with van der Waals surface area (Å²) in [5, 5.41) is 9.53. The van der Waals surface area contributed by atoms with Gasteiger partial charge in [-0.3, -0.25) is 4.79 Å². The second-order valence-corrected chi connectivity index (χ2v) is 8.06. The molecule has 136 valence electrons. The zero-order valence-electron chi connectivity index (χ0n) is 16.5. The van der Waals surface area contributed by atoms with E-state index in [1.807, 2.05) is 44.2 Å². The van der Waals surface area contributed by atoms with Crippen molar-refractivity contribution in [1.82, 2.24) is 4.98 Å². The van der Waals surface area contributed by atoms with Crippen LogP contribution in [0.5, 0.6) is 0 Å². The Kier molecular flexibility index (Phi) is 4.76. The standard InChI is InChI=1S/C24H24N2O/c1-15-6-7-16(2)19(12-15)22-13-20(21(14-25)23(27)26-22)17-8-10-18(11-9-17)24(3,4)5/h6-13H,1-5H3,(H,26,27). The predicted molar refractivity (Wildman–Crippen MR) is 111 cm³/mol. The third kappa shape index (κ3) is 3.71. The fourth-order valence-electron chi connectivity index (χ4n) is 3.22. The van der Waals surface area contributed by atoms with Crippen LogP contribution < -0.4 is 5.56 Å². The first kappa shape index (κ1) is 18.7. The van der Waals surface area contributed by atoms with Crippen LogP contribution in [0, 0.1) is 25.2 Å². The van der Waals surface area contributed by atoms with E-state index in [0.29, 0.717) is 5.56 Å². The first-order valence-electron chi connectivity index (χ1n) is 9.06. The number of nitrogens with one attached hydrogen (secondary N) is 1. The van der Waals surface area contributed by atoms with Crippen molar-refractivity contribution in [2.75, 3.05) is 0 Å². The largest absolute Gasteiger partial charge is 0.321 e. The first-order valence-corrected chi connectivity index (χ1v) is 9.06. The molecule has 3 rings (SSSR count). The van der Waals surface area contributed by atoms with Crippen LogP contribution in [0.25, 0.3) is 22.4 Å². The van der Waals surface area contributed by atoms with Crippen LogP contribution in [0.2, 0.25) is 0 Å². The smallest absolute Gasteiger partial charge is 0.266 e. The van der Waals surface area contributed by atoms with Crippen molar-refractivity contribution in [3.8, 4) is 28.5 Å². The lowest BCUT2D eigenvalue weighted by atomic mass is 9.86. The van der Waals surface area contributed by atoms with Gasteiger partial charge in [-0.25, -0.2) is 0 Å². The van der Waals surface area contributed by atoms with Gasteiger partial charge in [0.2, 0.25) is 0 Å². The maximum absolute atomic E-state index is 12.6. The van der Waals surface area contributed by atoms with Gasteiger partial charge < -0.3 is 4.98 Å². The third-order valence-electron chi connectivity index (χ3n) is 4.89. The van der Waals surface area contributed by atoms with Gasteiger partial charge in [0.25, 0.3) is 5.56 Å². The molecule has 0 unspecified atom stereocenters. The normalized spacial score (nSPS) is 11.3. The number of hydrogen-bond donors (Lipinski definition) is 1. The summed E-state index contributed by atoms with van der Waals surface area (Å²) in [5.74, 6) is 0. The SMILES string of the molecule is Cc1ccc(C)c(-c2cc(-c3ccc(C(C)(C)C)cc3)c(C#N)c(=O)[nH]2)c1. The lowest BCUT2D eigenvalue weighted by Crippen LogP contribution is -2.13. The molecule has 0 atom stereocenters. The highest BCUT2D eigenvalue weighted by Gasteiger charge is 2.16. The van der Waals surface area contributed by atoms with E-state index >= 15 is 0 Å². The molecular formula is C24H24N2O. The fourth-order valence-corrected chi connectivity index (χ4v) is 3.22. The first-order chi connectivity index (χ1) is 12.7. The Morgan fingerprint density at radius 3 is 2.19 bits per heavy atom. The number of nitriles is 1. The molecule has 3 heteroatoms. The highest BCUT2D eigenvalue weighted by atomic mass is 16.1. The number of H-pyrrole nitrogens is 1. The van der Waals surface area contributed by atoms with Crippen molar-refractivity contribution in [2.24, 2.45) is 0 Å². The van der Waals surface area contributed by atoms with E-state index in [-0.39, 0.29) is 16.5 Å². The Labute approximate surface area is 160 Å². The number of hydrogen-bond acceptors (Lipinski definition) is 2. The average molecular weight is 356 g/mol. The molecule has 0 aliphatic rings. The highest BCUT2D eigenvalue weighted by Crippen LogP contribution is 2.30. The van der Waals surface area contributed by atoms with Crippen molar-refractivity contribution < 1.29 is 0 Å². The zero-order valence-corrected chi connectivity index (χ0v) is 16.5. The molecule has 0 spiro atoms. The van der Waals surface area contributed by atoms with Crippen LogP contribution in [0.4, 0.5) is 0 Å². The molecule has 0 bridgehead atoms. The van der Waals surface area contributed by atoms with Crippen molar-refractivity contribution in [2.45, 2.75) is 40.0 Å². The van der Waals surface area contributed by atoms with Crippen molar-refractivity contribution >= 4 is 0 Å². The van der Waals surface area contributed by atoms with Crippen molar-refractivity contribution in [3.05, 3.63) is 81.1 Å². The molecule has 0 saturated heterocycles. The minimum atomic E-state index is -0.356. The molecule has 1 N–H and O–H groups in total. The van der Waals surface area contributed by atoms with E-state index in [0.717, 1.165) is 27.9 Å². The van der Waals surface area contributed by atoms with E-state index in [2.05, 4.69) is 50.0 Å². The Morgan fingerprint density at radius 1 is 0.926 bits per heavy atom. The maximum Gasteiger partial charge on any atom is 0.266 e. The summed E-state index contributed by atoms with van der Waals surface area (Å²) in [6, 6.07) is 18.2. The van der Waals surface area contributed by atoms with Gasteiger partial charge in [0, 0.05) is 16.8 Å². The summed E-state index contributed by atoms with van der Waals surface area (Å²) in [6.07, 6.45) is 0. The molecular weight excluding hydrogens is 332 g/mol. The Balaban J connectivity index is 2.21. The third-order valence-corrected chi connectivity index (χ3v) is 4.89. The predicted octanol–water partition coefficient (Wildman–Crippen LogP) is 5.49. The number of nitrogens with zero attached hydrogens (tertiary/aromatic N) is 1. The molecule has 3 aromatic rings. The Bertz CT molecular complexity index is 1090. The van der Waals surface area contributed by atoms with Gasteiger partial charge in [-0.1, -0.05) is 62.7 Å². The van der Waals surface area contributed by atoms with Crippen LogP contribution in [0.15, 0.2) is 53.3 Å². The highest BCUT2D eigenvalue weighted by molar-refractivity contribution is 5.76. The van der Waals surface area contributed by atoms with E-state index < -0.39 is 0 Å².